The Bertz CT molecular complexity index is 886. The van der Waals surface area contributed by atoms with Crippen LogP contribution in [0.3, 0.4) is 0 Å². The van der Waals surface area contributed by atoms with Crippen LogP contribution in [0.25, 0.3) is 0 Å². The SMILES string of the molecule is O=C(NNC(=O)[C@H]1COc2ccc(Cl)cc2C1)c1cccc([N+](=O)[O-])c1. The standard InChI is InChI=1S/C17H14ClN3O5/c18-13-4-5-15-11(7-13)6-12(9-26-15)17(23)20-19-16(22)10-2-1-3-14(8-10)21(24)25/h1-5,7-8,12H,6,9H2,(H,19,22)(H,20,23)/t12-/m1/s1. The Morgan fingerprint density at radius 2 is 2.00 bits per heavy atom. The second-order valence-corrected chi connectivity index (χ2v) is 6.15. The van der Waals surface area contributed by atoms with Crippen LogP contribution in [0.15, 0.2) is 42.5 Å². The van der Waals surface area contributed by atoms with Gasteiger partial charge in [-0.15, -0.1) is 0 Å². The van der Waals surface area contributed by atoms with Gasteiger partial charge in [0, 0.05) is 22.7 Å². The Balaban J connectivity index is 1.60. The molecule has 0 aromatic heterocycles. The molecule has 9 heteroatoms. The summed E-state index contributed by atoms with van der Waals surface area (Å²) in [7, 11) is 0. The Labute approximate surface area is 153 Å². The predicted octanol–water partition coefficient (Wildman–Crippen LogP) is 2.26. The van der Waals surface area contributed by atoms with Gasteiger partial charge >= 0.3 is 0 Å². The van der Waals surface area contributed by atoms with Crippen LogP contribution in [0.2, 0.25) is 5.02 Å². The fraction of sp³-hybridized carbons (Fsp3) is 0.176. The minimum Gasteiger partial charge on any atom is -0.492 e. The van der Waals surface area contributed by atoms with Gasteiger partial charge in [-0.2, -0.15) is 0 Å². The molecule has 2 amide bonds. The second-order valence-electron chi connectivity index (χ2n) is 5.71. The number of nitro benzene ring substituents is 1. The summed E-state index contributed by atoms with van der Waals surface area (Å²) in [6.07, 6.45) is 0.425. The van der Waals surface area contributed by atoms with Crippen LogP contribution in [-0.2, 0) is 11.2 Å². The molecular weight excluding hydrogens is 362 g/mol. The summed E-state index contributed by atoms with van der Waals surface area (Å²) in [6, 6.07) is 10.4. The van der Waals surface area contributed by atoms with Gasteiger partial charge in [-0.3, -0.25) is 30.6 Å². The number of fused-ring (bicyclic) bond motifs is 1. The van der Waals surface area contributed by atoms with Gasteiger partial charge < -0.3 is 4.74 Å². The minimum absolute atomic E-state index is 0.0662. The zero-order chi connectivity index (χ0) is 18.7. The minimum atomic E-state index is -0.651. The van der Waals surface area contributed by atoms with Crippen molar-refractivity contribution in [3.05, 3.63) is 68.7 Å². The first kappa shape index (κ1) is 17.7. The fourth-order valence-corrected chi connectivity index (χ4v) is 2.78. The van der Waals surface area contributed by atoms with E-state index < -0.39 is 22.7 Å². The van der Waals surface area contributed by atoms with Crippen LogP contribution < -0.4 is 15.6 Å². The molecule has 2 aromatic rings. The molecule has 8 nitrogen and oxygen atoms in total. The molecule has 0 saturated carbocycles. The molecular formula is C17H14ClN3O5. The second kappa shape index (κ2) is 7.40. The number of nitrogens with one attached hydrogen (secondary N) is 2. The third-order valence-corrected chi connectivity index (χ3v) is 4.15. The molecule has 2 aromatic carbocycles. The first-order chi connectivity index (χ1) is 12.4. The van der Waals surface area contributed by atoms with Crippen molar-refractivity contribution in [2.24, 2.45) is 5.92 Å². The normalized spacial score (nSPS) is 15.3. The number of non-ortho nitro benzene ring substituents is 1. The molecule has 0 radical (unpaired) electrons. The molecule has 2 N–H and O–H groups in total. The van der Waals surface area contributed by atoms with Crippen molar-refractivity contribution in [1.29, 1.82) is 0 Å². The summed E-state index contributed by atoms with van der Waals surface area (Å²) < 4.78 is 5.54. The Morgan fingerprint density at radius 1 is 1.19 bits per heavy atom. The molecule has 0 bridgehead atoms. The van der Waals surface area contributed by atoms with Crippen molar-refractivity contribution >= 4 is 29.1 Å². The van der Waals surface area contributed by atoms with E-state index in [1.807, 2.05) is 0 Å². The van der Waals surface area contributed by atoms with Crippen LogP contribution in [0, 0.1) is 16.0 Å². The maximum absolute atomic E-state index is 12.3. The lowest BCUT2D eigenvalue weighted by molar-refractivity contribution is -0.384. The highest BCUT2D eigenvalue weighted by Gasteiger charge is 2.26. The molecule has 1 aliphatic heterocycles. The quantitative estimate of drug-likeness (QED) is 0.631. The molecule has 0 saturated heterocycles. The number of rotatable bonds is 3. The highest BCUT2D eigenvalue weighted by Crippen LogP contribution is 2.29. The van der Waals surface area contributed by atoms with Crippen LogP contribution in [0.4, 0.5) is 5.69 Å². The molecule has 1 heterocycles. The number of halogens is 1. The first-order valence-corrected chi connectivity index (χ1v) is 8.07. The lowest BCUT2D eigenvalue weighted by atomic mass is 9.96. The zero-order valence-electron chi connectivity index (χ0n) is 13.4. The average Bonchev–Trinajstić information content (AvgIpc) is 2.65. The van der Waals surface area contributed by atoms with Crippen molar-refractivity contribution in [3.63, 3.8) is 0 Å². The molecule has 1 aliphatic rings. The first-order valence-electron chi connectivity index (χ1n) is 7.70. The number of nitrogens with zero attached hydrogens (tertiary/aromatic N) is 1. The van der Waals surface area contributed by atoms with Crippen molar-refractivity contribution in [3.8, 4) is 5.75 Å². The Hall–Kier alpha value is -3.13. The van der Waals surface area contributed by atoms with Gasteiger partial charge in [0.1, 0.15) is 12.4 Å². The molecule has 0 unspecified atom stereocenters. The number of carbonyl (C=O) groups is 2. The zero-order valence-corrected chi connectivity index (χ0v) is 14.2. The number of hydrogen-bond donors (Lipinski definition) is 2. The summed E-state index contributed by atoms with van der Waals surface area (Å²) in [6.45, 7) is 0.174. The summed E-state index contributed by atoms with van der Waals surface area (Å²) in [4.78, 5) is 34.5. The molecule has 1 atom stereocenters. The Kier molecular flexibility index (Phi) is 5.04. The number of benzene rings is 2. The summed E-state index contributed by atoms with van der Waals surface area (Å²) in [5, 5.41) is 11.3. The molecule has 0 spiro atoms. The lowest BCUT2D eigenvalue weighted by Crippen LogP contribution is -2.47. The van der Waals surface area contributed by atoms with Gasteiger partial charge in [0.15, 0.2) is 0 Å². The predicted molar refractivity (Wildman–Crippen MR) is 92.8 cm³/mol. The van der Waals surface area contributed by atoms with Gasteiger partial charge in [0.05, 0.1) is 10.8 Å². The number of carbonyl (C=O) groups excluding carboxylic acids is 2. The molecule has 3 rings (SSSR count). The number of ether oxygens (including phenoxy) is 1. The lowest BCUT2D eigenvalue weighted by Gasteiger charge is -2.24. The third kappa shape index (κ3) is 3.92. The van der Waals surface area contributed by atoms with E-state index in [4.69, 9.17) is 16.3 Å². The van der Waals surface area contributed by atoms with E-state index in [9.17, 15) is 19.7 Å². The van der Waals surface area contributed by atoms with Crippen molar-refractivity contribution in [2.45, 2.75) is 6.42 Å². The number of amides is 2. The van der Waals surface area contributed by atoms with Crippen LogP contribution in [0.1, 0.15) is 15.9 Å². The molecule has 26 heavy (non-hydrogen) atoms. The van der Waals surface area contributed by atoms with Crippen molar-refractivity contribution < 1.29 is 19.2 Å². The van der Waals surface area contributed by atoms with E-state index in [2.05, 4.69) is 10.9 Å². The van der Waals surface area contributed by atoms with E-state index in [-0.39, 0.29) is 17.9 Å². The summed E-state index contributed by atoms with van der Waals surface area (Å²) >= 11 is 5.95. The van der Waals surface area contributed by atoms with Gasteiger partial charge in [-0.25, -0.2) is 0 Å². The van der Waals surface area contributed by atoms with Crippen LogP contribution in [-0.4, -0.2) is 23.3 Å². The van der Waals surface area contributed by atoms with Gasteiger partial charge in [-0.1, -0.05) is 17.7 Å². The summed E-state index contributed by atoms with van der Waals surface area (Å²) in [5.74, 6) is -0.887. The summed E-state index contributed by atoms with van der Waals surface area (Å²) in [5.41, 5.74) is 5.25. The average molecular weight is 376 g/mol. The monoisotopic (exact) mass is 375 g/mol. The van der Waals surface area contributed by atoms with Gasteiger partial charge in [0.25, 0.3) is 11.6 Å². The van der Waals surface area contributed by atoms with Crippen molar-refractivity contribution in [2.75, 3.05) is 6.61 Å². The fourth-order valence-electron chi connectivity index (χ4n) is 2.58. The van der Waals surface area contributed by atoms with Gasteiger partial charge in [-0.05, 0) is 36.2 Å². The molecule has 134 valence electrons. The highest BCUT2D eigenvalue weighted by molar-refractivity contribution is 6.30. The van der Waals surface area contributed by atoms with E-state index in [0.717, 1.165) is 11.6 Å². The number of hydrogen-bond acceptors (Lipinski definition) is 5. The van der Waals surface area contributed by atoms with E-state index in [1.54, 1.807) is 18.2 Å². The largest absolute Gasteiger partial charge is 0.492 e. The molecule has 0 aliphatic carbocycles. The topological polar surface area (TPSA) is 111 Å². The molecule has 0 fully saturated rings. The van der Waals surface area contributed by atoms with Crippen LogP contribution >= 0.6 is 11.6 Å². The van der Waals surface area contributed by atoms with Crippen LogP contribution in [0.5, 0.6) is 5.75 Å². The van der Waals surface area contributed by atoms with Gasteiger partial charge in [0.2, 0.25) is 5.91 Å². The maximum Gasteiger partial charge on any atom is 0.270 e. The van der Waals surface area contributed by atoms with E-state index in [0.29, 0.717) is 17.2 Å². The maximum atomic E-state index is 12.3. The third-order valence-electron chi connectivity index (χ3n) is 3.92. The van der Waals surface area contributed by atoms with Crippen molar-refractivity contribution in [1.82, 2.24) is 10.9 Å². The highest BCUT2D eigenvalue weighted by atomic mass is 35.5. The van der Waals surface area contributed by atoms with E-state index in [1.165, 1.54) is 18.2 Å². The van der Waals surface area contributed by atoms with E-state index >= 15 is 0 Å². The smallest absolute Gasteiger partial charge is 0.270 e. The number of nitro groups is 1. The number of hydrazine groups is 1. The Morgan fingerprint density at radius 3 is 2.77 bits per heavy atom.